The van der Waals surface area contributed by atoms with Crippen molar-refractivity contribution in [2.24, 2.45) is 10.2 Å². The van der Waals surface area contributed by atoms with Gasteiger partial charge in [-0.3, -0.25) is 14.5 Å². The Morgan fingerprint density at radius 1 is 1.35 bits per heavy atom. The monoisotopic (exact) mass is 320 g/mol. The van der Waals surface area contributed by atoms with Crippen molar-refractivity contribution in [3.8, 4) is 12.3 Å². The summed E-state index contributed by atoms with van der Waals surface area (Å²) >= 11 is 0. The molecule has 0 aromatic rings. The van der Waals surface area contributed by atoms with E-state index in [0.717, 1.165) is 19.3 Å². The maximum absolute atomic E-state index is 12.3. The summed E-state index contributed by atoms with van der Waals surface area (Å²) in [6.07, 6.45) is 9.30. The lowest BCUT2D eigenvalue weighted by Gasteiger charge is -2.36. The molecule has 0 spiro atoms. The minimum atomic E-state index is -0.819. The van der Waals surface area contributed by atoms with E-state index >= 15 is 0 Å². The molecule has 1 fully saturated rings. The van der Waals surface area contributed by atoms with Crippen molar-refractivity contribution in [1.82, 2.24) is 9.80 Å². The van der Waals surface area contributed by atoms with Gasteiger partial charge in [0.05, 0.1) is 6.54 Å². The maximum atomic E-state index is 12.3. The molecule has 7 heteroatoms. The van der Waals surface area contributed by atoms with E-state index in [1.165, 1.54) is 0 Å². The fourth-order valence-electron chi connectivity index (χ4n) is 3.03. The molecule has 2 heterocycles. The molecule has 1 amide bonds. The quantitative estimate of drug-likeness (QED) is 0.684. The molecule has 0 aliphatic carbocycles. The van der Waals surface area contributed by atoms with Crippen LogP contribution in [0.3, 0.4) is 0 Å². The van der Waals surface area contributed by atoms with Crippen LogP contribution in [-0.4, -0.2) is 65.2 Å². The van der Waals surface area contributed by atoms with Crippen LogP contribution in [0.15, 0.2) is 10.2 Å². The molecule has 0 saturated carbocycles. The lowest BCUT2D eigenvalue weighted by atomic mass is 10.00. The minimum Gasteiger partial charge on any atom is -0.480 e. The van der Waals surface area contributed by atoms with Crippen molar-refractivity contribution in [1.29, 1.82) is 0 Å². The van der Waals surface area contributed by atoms with Crippen molar-refractivity contribution in [2.45, 2.75) is 50.2 Å². The second-order valence-electron chi connectivity index (χ2n) is 6.31. The van der Waals surface area contributed by atoms with Gasteiger partial charge in [0.15, 0.2) is 5.66 Å². The highest BCUT2D eigenvalue weighted by Gasteiger charge is 2.39. The van der Waals surface area contributed by atoms with Gasteiger partial charge in [-0.15, -0.1) is 12.3 Å². The zero-order valence-corrected chi connectivity index (χ0v) is 13.6. The van der Waals surface area contributed by atoms with Gasteiger partial charge < -0.3 is 10.0 Å². The number of carboxylic acids is 1. The molecule has 2 aliphatic heterocycles. The molecular weight excluding hydrogens is 296 g/mol. The van der Waals surface area contributed by atoms with Gasteiger partial charge in [-0.05, 0) is 19.9 Å². The zero-order valence-electron chi connectivity index (χ0n) is 13.6. The number of likely N-dealkylation sites (N-methyl/N-ethyl adjacent to an activating group) is 1. The summed E-state index contributed by atoms with van der Waals surface area (Å²) in [5.41, 5.74) is -0.401. The molecular formula is C16H24N4O3. The van der Waals surface area contributed by atoms with Crippen LogP contribution >= 0.6 is 0 Å². The van der Waals surface area contributed by atoms with Gasteiger partial charge in [-0.1, -0.05) is 0 Å². The largest absolute Gasteiger partial charge is 0.480 e. The van der Waals surface area contributed by atoms with Crippen molar-refractivity contribution in [3.05, 3.63) is 0 Å². The highest BCUT2D eigenvalue weighted by atomic mass is 16.4. The molecule has 0 atom stereocenters. The number of piperidine rings is 1. The molecule has 7 nitrogen and oxygen atoms in total. The summed E-state index contributed by atoms with van der Waals surface area (Å²) in [6.45, 7) is 1.40. The topological polar surface area (TPSA) is 85.6 Å². The number of hydrogen-bond acceptors (Lipinski definition) is 5. The summed E-state index contributed by atoms with van der Waals surface area (Å²) in [4.78, 5) is 26.8. The molecule has 1 N–H and O–H groups in total. The first-order valence-corrected chi connectivity index (χ1v) is 8.03. The van der Waals surface area contributed by atoms with Crippen LogP contribution in [0.5, 0.6) is 0 Å². The lowest BCUT2D eigenvalue weighted by Crippen LogP contribution is -2.46. The Hall–Kier alpha value is -1.94. The molecule has 2 rings (SSSR count). The number of rotatable bonds is 8. The lowest BCUT2D eigenvalue weighted by molar-refractivity contribution is -0.139. The standard InChI is InChI=1S/C16H24N4O3/c1-3-4-8-16(17-18-16)9-5-14(21)20-10-6-13(7-11-20)19(2)12-15(22)23/h1,13H,4-12H2,2H3,(H,22,23). The first kappa shape index (κ1) is 17.4. The van der Waals surface area contributed by atoms with E-state index < -0.39 is 11.6 Å². The zero-order chi connectivity index (χ0) is 16.9. The fraction of sp³-hybridized carbons (Fsp3) is 0.750. The van der Waals surface area contributed by atoms with Crippen molar-refractivity contribution < 1.29 is 14.7 Å². The molecule has 0 bridgehead atoms. The first-order chi connectivity index (χ1) is 11.0. The summed E-state index contributed by atoms with van der Waals surface area (Å²) in [6, 6.07) is 0.227. The third-order valence-electron chi connectivity index (χ3n) is 4.62. The van der Waals surface area contributed by atoms with Gasteiger partial charge in [-0.25, -0.2) is 0 Å². The van der Waals surface area contributed by atoms with Gasteiger partial charge in [0, 0.05) is 44.8 Å². The summed E-state index contributed by atoms with van der Waals surface area (Å²) in [7, 11) is 1.82. The SMILES string of the molecule is C#CCCC1(CCC(=O)N2CCC(N(C)CC(=O)O)CC2)N=N1. The van der Waals surface area contributed by atoms with E-state index in [1.807, 2.05) is 16.8 Å². The van der Waals surface area contributed by atoms with Gasteiger partial charge in [0.2, 0.25) is 5.91 Å². The van der Waals surface area contributed by atoms with Gasteiger partial charge in [0.25, 0.3) is 0 Å². The average molecular weight is 320 g/mol. The van der Waals surface area contributed by atoms with E-state index in [4.69, 9.17) is 11.5 Å². The fourth-order valence-corrected chi connectivity index (χ4v) is 3.03. The van der Waals surface area contributed by atoms with Gasteiger partial charge >= 0.3 is 5.97 Å². The highest BCUT2D eigenvalue weighted by molar-refractivity contribution is 5.76. The average Bonchev–Trinajstić information content (AvgIpc) is 3.30. The van der Waals surface area contributed by atoms with E-state index in [-0.39, 0.29) is 18.5 Å². The predicted molar refractivity (Wildman–Crippen MR) is 84.8 cm³/mol. The number of terminal acetylenes is 1. The van der Waals surface area contributed by atoms with Crippen LogP contribution in [0.25, 0.3) is 0 Å². The molecule has 126 valence electrons. The third kappa shape index (κ3) is 5.03. The second-order valence-corrected chi connectivity index (χ2v) is 6.31. The normalized spacial score (nSPS) is 19.6. The summed E-state index contributed by atoms with van der Waals surface area (Å²) in [5.74, 6) is 1.89. The Kier molecular flexibility index (Phi) is 5.72. The number of carboxylic acid groups (broad SMARTS) is 1. The Bertz CT molecular complexity index is 512. The Morgan fingerprint density at radius 3 is 2.52 bits per heavy atom. The highest BCUT2D eigenvalue weighted by Crippen LogP contribution is 2.37. The first-order valence-electron chi connectivity index (χ1n) is 8.03. The molecule has 0 aromatic carbocycles. The van der Waals surface area contributed by atoms with E-state index in [0.29, 0.717) is 32.4 Å². The number of hydrogen-bond donors (Lipinski definition) is 1. The summed E-state index contributed by atoms with van der Waals surface area (Å²) in [5, 5.41) is 16.9. The number of carbonyl (C=O) groups excluding carboxylic acids is 1. The van der Waals surface area contributed by atoms with E-state index in [9.17, 15) is 9.59 Å². The Morgan fingerprint density at radius 2 is 2.00 bits per heavy atom. The van der Waals surface area contributed by atoms with Crippen LogP contribution in [0.2, 0.25) is 0 Å². The van der Waals surface area contributed by atoms with Crippen molar-refractivity contribution in [2.75, 3.05) is 26.7 Å². The molecule has 0 radical (unpaired) electrons. The third-order valence-corrected chi connectivity index (χ3v) is 4.62. The van der Waals surface area contributed by atoms with Crippen LogP contribution in [0.4, 0.5) is 0 Å². The number of amides is 1. The van der Waals surface area contributed by atoms with E-state index in [1.54, 1.807) is 0 Å². The number of likely N-dealkylation sites (tertiary alicyclic amines) is 1. The predicted octanol–water partition coefficient (Wildman–Crippen LogP) is 1.35. The second kappa shape index (κ2) is 7.55. The number of nitrogens with zero attached hydrogens (tertiary/aromatic N) is 4. The molecule has 2 aliphatic rings. The minimum absolute atomic E-state index is 0.0410. The number of carbonyl (C=O) groups is 2. The maximum Gasteiger partial charge on any atom is 0.317 e. The molecule has 0 unspecified atom stereocenters. The summed E-state index contributed by atoms with van der Waals surface area (Å²) < 4.78 is 0. The van der Waals surface area contributed by atoms with Crippen LogP contribution in [0, 0.1) is 12.3 Å². The number of aliphatic carboxylic acids is 1. The molecule has 0 aromatic heterocycles. The molecule has 23 heavy (non-hydrogen) atoms. The smallest absolute Gasteiger partial charge is 0.317 e. The molecule has 1 saturated heterocycles. The Balaban J connectivity index is 1.70. The van der Waals surface area contributed by atoms with Crippen molar-refractivity contribution >= 4 is 11.9 Å². The van der Waals surface area contributed by atoms with Crippen LogP contribution in [0.1, 0.15) is 38.5 Å². The Labute approximate surface area is 136 Å². The van der Waals surface area contributed by atoms with Crippen LogP contribution < -0.4 is 0 Å². The van der Waals surface area contributed by atoms with Gasteiger partial charge in [0.1, 0.15) is 0 Å². The van der Waals surface area contributed by atoms with E-state index in [2.05, 4.69) is 16.1 Å². The van der Waals surface area contributed by atoms with Crippen molar-refractivity contribution in [3.63, 3.8) is 0 Å². The van der Waals surface area contributed by atoms with Gasteiger partial charge in [-0.2, -0.15) is 10.2 Å². The van der Waals surface area contributed by atoms with Crippen LogP contribution in [-0.2, 0) is 9.59 Å².